The Bertz CT molecular complexity index is 326. The summed E-state index contributed by atoms with van der Waals surface area (Å²) < 4.78 is 0. The Morgan fingerprint density at radius 1 is 1.50 bits per heavy atom. The molecule has 0 bridgehead atoms. The average Bonchev–Trinajstić information content (AvgIpc) is 2.13. The fraction of sp³-hybridized carbons (Fsp3) is 0.400. The number of pyridine rings is 1. The Labute approximate surface area is 82.0 Å². The first-order valence-corrected chi connectivity index (χ1v) is 4.68. The first-order chi connectivity index (χ1) is 6.77. The third-order valence-corrected chi connectivity index (χ3v) is 2.59. The van der Waals surface area contributed by atoms with Gasteiger partial charge < -0.3 is 10.4 Å². The smallest absolute Gasteiger partial charge is 0.308 e. The molecule has 0 unspecified atom stereocenters. The highest BCUT2D eigenvalue weighted by Gasteiger charge is 2.36. The molecule has 2 N–H and O–H groups in total. The summed E-state index contributed by atoms with van der Waals surface area (Å²) in [5.74, 6) is -0.217. The molecule has 4 nitrogen and oxygen atoms in total. The van der Waals surface area contributed by atoms with Gasteiger partial charge in [-0.05, 0) is 25.0 Å². The summed E-state index contributed by atoms with van der Waals surface area (Å²) >= 11 is 0. The predicted octanol–water partition coefficient (Wildman–Crippen LogP) is 1.36. The van der Waals surface area contributed by atoms with Crippen molar-refractivity contribution in [3.05, 3.63) is 24.4 Å². The first kappa shape index (κ1) is 8.99. The van der Waals surface area contributed by atoms with Gasteiger partial charge in [-0.15, -0.1) is 0 Å². The molecule has 0 amide bonds. The Balaban J connectivity index is 1.96. The standard InChI is InChI=1S/C10H12N2O2/c13-10(14)7-4-5-8(7)12-9-3-1-2-6-11-9/h1-3,6-8H,4-5H2,(H,11,12)(H,13,14)/t7-,8+/m0/s1. The zero-order chi connectivity index (χ0) is 9.97. The summed E-state index contributed by atoms with van der Waals surface area (Å²) in [6.45, 7) is 0. The van der Waals surface area contributed by atoms with Crippen LogP contribution < -0.4 is 5.32 Å². The lowest BCUT2D eigenvalue weighted by molar-refractivity contribution is -0.144. The average molecular weight is 192 g/mol. The molecule has 1 aliphatic carbocycles. The largest absolute Gasteiger partial charge is 0.481 e. The van der Waals surface area contributed by atoms with E-state index in [0.29, 0.717) is 0 Å². The van der Waals surface area contributed by atoms with E-state index in [4.69, 9.17) is 5.11 Å². The summed E-state index contributed by atoms with van der Waals surface area (Å²) in [6, 6.07) is 5.60. The van der Waals surface area contributed by atoms with E-state index in [-0.39, 0.29) is 12.0 Å². The van der Waals surface area contributed by atoms with E-state index in [1.165, 1.54) is 0 Å². The Morgan fingerprint density at radius 2 is 2.36 bits per heavy atom. The second kappa shape index (κ2) is 3.65. The van der Waals surface area contributed by atoms with Crippen LogP contribution in [0.25, 0.3) is 0 Å². The van der Waals surface area contributed by atoms with Gasteiger partial charge in [-0.3, -0.25) is 4.79 Å². The number of nitrogens with one attached hydrogen (secondary N) is 1. The second-order valence-corrected chi connectivity index (χ2v) is 3.49. The van der Waals surface area contributed by atoms with E-state index in [2.05, 4.69) is 10.3 Å². The number of aliphatic carboxylic acids is 1. The van der Waals surface area contributed by atoms with Gasteiger partial charge in [0.1, 0.15) is 5.82 Å². The number of hydrogen-bond donors (Lipinski definition) is 2. The second-order valence-electron chi connectivity index (χ2n) is 3.49. The van der Waals surface area contributed by atoms with E-state index in [1.807, 2.05) is 18.2 Å². The van der Waals surface area contributed by atoms with Crippen LogP contribution in [-0.4, -0.2) is 22.1 Å². The number of hydrogen-bond acceptors (Lipinski definition) is 3. The topological polar surface area (TPSA) is 62.2 Å². The normalized spacial score (nSPS) is 25.1. The number of carboxylic acid groups (broad SMARTS) is 1. The van der Waals surface area contributed by atoms with Crippen LogP contribution in [0.4, 0.5) is 5.82 Å². The molecule has 1 aromatic rings. The summed E-state index contributed by atoms with van der Waals surface area (Å²) in [6.07, 6.45) is 3.37. The lowest BCUT2D eigenvalue weighted by Gasteiger charge is -2.34. The molecular weight excluding hydrogens is 180 g/mol. The molecular formula is C10H12N2O2. The van der Waals surface area contributed by atoms with Crippen molar-refractivity contribution in [2.45, 2.75) is 18.9 Å². The van der Waals surface area contributed by atoms with Crippen molar-refractivity contribution in [1.82, 2.24) is 4.98 Å². The first-order valence-electron chi connectivity index (χ1n) is 4.68. The molecule has 0 aromatic carbocycles. The minimum Gasteiger partial charge on any atom is -0.481 e. The van der Waals surface area contributed by atoms with E-state index in [0.717, 1.165) is 18.7 Å². The number of carbonyl (C=O) groups is 1. The van der Waals surface area contributed by atoms with E-state index >= 15 is 0 Å². The maximum absolute atomic E-state index is 10.7. The zero-order valence-electron chi connectivity index (χ0n) is 7.68. The number of rotatable bonds is 3. The third kappa shape index (κ3) is 1.69. The fourth-order valence-corrected chi connectivity index (χ4v) is 1.61. The molecule has 1 fully saturated rings. The van der Waals surface area contributed by atoms with Crippen LogP contribution in [0.2, 0.25) is 0 Å². The Kier molecular flexibility index (Phi) is 2.35. The van der Waals surface area contributed by atoms with Crippen LogP contribution in [0.1, 0.15) is 12.8 Å². The van der Waals surface area contributed by atoms with Crippen LogP contribution in [0.5, 0.6) is 0 Å². The highest BCUT2D eigenvalue weighted by molar-refractivity contribution is 5.72. The van der Waals surface area contributed by atoms with Gasteiger partial charge in [0, 0.05) is 12.2 Å². The maximum atomic E-state index is 10.7. The van der Waals surface area contributed by atoms with Crippen LogP contribution in [0, 0.1) is 5.92 Å². The molecule has 2 rings (SSSR count). The van der Waals surface area contributed by atoms with Crippen molar-refractivity contribution >= 4 is 11.8 Å². The molecule has 1 aromatic heterocycles. The molecule has 0 spiro atoms. The summed E-state index contributed by atoms with van der Waals surface area (Å²) in [7, 11) is 0. The van der Waals surface area contributed by atoms with Gasteiger partial charge in [-0.25, -0.2) is 4.98 Å². The molecule has 0 aliphatic heterocycles. The number of anilines is 1. The van der Waals surface area contributed by atoms with Crippen LogP contribution in [0.15, 0.2) is 24.4 Å². The van der Waals surface area contributed by atoms with Gasteiger partial charge in [-0.2, -0.15) is 0 Å². The Hall–Kier alpha value is -1.58. The summed E-state index contributed by atoms with van der Waals surface area (Å²) in [5.41, 5.74) is 0. The van der Waals surface area contributed by atoms with Crippen molar-refractivity contribution < 1.29 is 9.90 Å². The molecule has 0 saturated heterocycles. The highest BCUT2D eigenvalue weighted by Crippen LogP contribution is 2.29. The summed E-state index contributed by atoms with van der Waals surface area (Å²) in [4.78, 5) is 14.8. The minimum absolute atomic E-state index is 0.0439. The molecule has 2 atom stereocenters. The molecule has 0 radical (unpaired) electrons. The van der Waals surface area contributed by atoms with Gasteiger partial charge in [-0.1, -0.05) is 6.07 Å². The Morgan fingerprint density at radius 3 is 2.86 bits per heavy atom. The van der Waals surface area contributed by atoms with Crippen molar-refractivity contribution in [1.29, 1.82) is 0 Å². The van der Waals surface area contributed by atoms with Crippen molar-refractivity contribution in [2.24, 2.45) is 5.92 Å². The number of carboxylic acids is 1. The van der Waals surface area contributed by atoms with Crippen LogP contribution >= 0.6 is 0 Å². The van der Waals surface area contributed by atoms with Crippen molar-refractivity contribution in [3.63, 3.8) is 0 Å². The molecule has 14 heavy (non-hydrogen) atoms. The molecule has 1 aliphatic rings. The molecule has 1 saturated carbocycles. The third-order valence-electron chi connectivity index (χ3n) is 2.59. The van der Waals surface area contributed by atoms with Crippen LogP contribution in [-0.2, 0) is 4.79 Å². The van der Waals surface area contributed by atoms with Gasteiger partial charge in [0.15, 0.2) is 0 Å². The lowest BCUT2D eigenvalue weighted by atomic mass is 9.79. The quantitative estimate of drug-likeness (QED) is 0.759. The van der Waals surface area contributed by atoms with E-state index in [9.17, 15) is 4.79 Å². The van der Waals surface area contributed by atoms with Crippen molar-refractivity contribution in [2.75, 3.05) is 5.32 Å². The minimum atomic E-state index is -0.718. The monoisotopic (exact) mass is 192 g/mol. The number of aromatic nitrogens is 1. The van der Waals surface area contributed by atoms with Crippen LogP contribution in [0.3, 0.4) is 0 Å². The lowest BCUT2D eigenvalue weighted by Crippen LogP contribution is -2.43. The van der Waals surface area contributed by atoms with Gasteiger partial charge in [0.2, 0.25) is 0 Å². The maximum Gasteiger partial charge on any atom is 0.308 e. The van der Waals surface area contributed by atoms with Gasteiger partial charge in [0.25, 0.3) is 0 Å². The predicted molar refractivity (Wildman–Crippen MR) is 52.0 cm³/mol. The van der Waals surface area contributed by atoms with Gasteiger partial charge in [0.05, 0.1) is 5.92 Å². The van der Waals surface area contributed by atoms with Crippen molar-refractivity contribution in [3.8, 4) is 0 Å². The van der Waals surface area contributed by atoms with E-state index < -0.39 is 5.97 Å². The number of nitrogens with zero attached hydrogens (tertiary/aromatic N) is 1. The summed E-state index contributed by atoms with van der Waals surface area (Å²) in [5, 5.41) is 11.9. The molecule has 4 heteroatoms. The van der Waals surface area contributed by atoms with Gasteiger partial charge >= 0.3 is 5.97 Å². The van der Waals surface area contributed by atoms with E-state index in [1.54, 1.807) is 6.20 Å². The fourth-order valence-electron chi connectivity index (χ4n) is 1.61. The SMILES string of the molecule is O=C(O)[C@H]1CC[C@H]1Nc1ccccn1. The highest BCUT2D eigenvalue weighted by atomic mass is 16.4. The molecule has 74 valence electrons. The zero-order valence-corrected chi connectivity index (χ0v) is 7.68. The molecule has 1 heterocycles.